The molecule has 0 bridgehead atoms. The Morgan fingerprint density at radius 1 is 1.10 bits per heavy atom. The molecule has 0 radical (unpaired) electrons. The Kier molecular flexibility index (Phi) is 9.42. The largest absolute Gasteiger partial charge is 0.414 e. The predicted molar refractivity (Wildman–Crippen MR) is 96.2 cm³/mol. The molecule has 0 amide bonds. The van der Waals surface area contributed by atoms with E-state index in [0.717, 1.165) is 38.5 Å². The highest BCUT2D eigenvalue weighted by atomic mass is 28.4. The fourth-order valence-electron chi connectivity index (χ4n) is 2.02. The molecule has 0 aliphatic carbocycles. The van der Waals surface area contributed by atoms with E-state index < -0.39 is 8.32 Å². The molecule has 0 rings (SSSR count). The summed E-state index contributed by atoms with van der Waals surface area (Å²) in [6.07, 6.45) is 9.71. The van der Waals surface area contributed by atoms with Crippen LogP contribution in [0, 0.1) is 0 Å². The van der Waals surface area contributed by atoms with Crippen LogP contribution in [0.1, 0.15) is 59.3 Å². The molecule has 1 N–H and O–H groups in total. The van der Waals surface area contributed by atoms with Crippen LogP contribution in [-0.4, -0.2) is 25.6 Å². The summed E-state index contributed by atoms with van der Waals surface area (Å²) in [6.45, 7) is 18.9. The first-order valence-electron chi connectivity index (χ1n) is 8.23. The van der Waals surface area contributed by atoms with Crippen molar-refractivity contribution in [3.63, 3.8) is 0 Å². The number of hydrogen-bond acceptors (Lipinski definition) is 2. The number of rotatable bonds is 11. The molecule has 21 heavy (non-hydrogen) atoms. The number of unbranched alkanes of at least 4 members (excludes halogenated alkanes) is 2. The molecule has 0 aliphatic heterocycles. The van der Waals surface area contributed by atoms with Crippen LogP contribution in [-0.2, 0) is 4.43 Å². The Balaban J connectivity index is 4.20. The highest BCUT2D eigenvalue weighted by Gasteiger charge is 2.38. The molecular formula is C18H36O2Si. The van der Waals surface area contributed by atoms with Gasteiger partial charge in [-0.25, -0.2) is 0 Å². The SMILES string of the molecule is C=CC[C@H](CCCCCC(O)C=C)O[Si](C)(C)C(C)(C)C. The van der Waals surface area contributed by atoms with E-state index in [1.54, 1.807) is 6.08 Å². The maximum atomic E-state index is 9.44. The van der Waals surface area contributed by atoms with E-state index in [9.17, 15) is 5.11 Å². The molecule has 0 aromatic rings. The van der Waals surface area contributed by atoms with Gasteiger partial charge in [-0.05, 0) is 37.4 Å². The monoisotopic (exact) mass is 312 g/mol. The van der Waals surface area contributed by atoms with Crippen molar-refractivity contribution in [1.82, 2.24) is 0 Å². The second kappa shape index (κ2) is 9.60. The molecular weight excluding hydrogens is 276 g/mol. The summed E-state index contributed by atoms with van der Waals surface area (Å²) in [5.74, 6) is 0. The van der Waals surface area contributed by atoms with Crippen LogP contribution in [0.4, 0.5) is 0 Å². The van der Waals surface area contributed by atoms with Gasteiger partial charge >= 0.3 is 0 Å². The van der Waals surface area contributed by atoms with Crippen molar-refractivity contribution >= 4 is 8.32 Å². The zero-order valence-electron chi connectivity index (χ0n) is 14.8. The number of aliphatic hydroxyl groups excluding tert-OH is 1. The van der Waals surface area contributed by atoms with Gasteiger partial charge in [-0.1, -0.05) is 52.2 Å². The van der Waals surface area contributed by atoms with Crippen LogP contribution in [0.25, 0.3) is 0 Å². The normalized spacial score (nSPS) is 15.5. The van der Waals surface area contributed by atoms with Gasteiger partial charge in [-0.3, -0.25) is 0 Å². The molecule has 0 spiro atoms. The molecule has 3 heteroatoms. The smallest absolute Gasteiger partial charge is 0.192 e. The third-order valence-electron chi connectivity index (χ3n) is 4.50. The van der Waals surface area contributed by atoms with E-state index in [1.807, 2.05) is 6.08 Å². The summed E-state index contributed by atoms with van der Waals surface area (Å²) in [5, 5.41) is 9.69. The van der Waals surface area contributed by atoms with E-state index in [1.165, 1.54) is 0 Å². The lowest BCUT2D eigenvalue weighted by Gasteiger charge is -2.39. The predicted octanol–water partition coefficient (Wildman–Crippen LogP) is 5.45. The van der Waals surface area contributed by atoms with Gasteiger partial charge in [-0.2, -0.15) is 0 Å². The number of hydrogen-bond donors (Lipinski definition) is 1. The Bertz CT molecular complexity index is 305. The van der Waals surface area contributed by atoms with Crippen LogP contribution < -0.4 is 0 Å². The van der Waals surface area contributed by atoms with E-state index in [2.05, 4.69) is 47.0 Å². The summed E-state index contributed by atoms with van der Waals surface area (Å²) in [6, 6.07) is 0. The maximum absolute atomic E-state index is 9.44. The summed E-state index contributed by atoms with van der Waals surface area (Å²) in [5.41, 5.74) is 0. The van der Waals surface area contributed by atoms with Crippen LogP contribution in [0.2, 0.25) is 18.1 Å². The van der Waals surface area contributed by atoms with Crippen LogP contribution in [0.3, 0.4) is 0 Å². The summed E-state index contributed by atoms with van der Waals surface area (Å²) < 4.78 is 6.49. The highest BCUT2D eigenvalue weighted by molar-refractivity contribution is 6.74. The van der Waals surface area contributed by atoms with Gasteiger partial charge in [0.2, 0.25) is 0 Å². The number of aliphatic hydroxyl groups is 1. The summed E-state index contributed by atoms with van der Waals surface area (Å²) in [7, 11) is -1.70. The fraction of sp³-hybridized carbons (Fsp3) is 0.778. The van der Waals surface area contributed by atoms with E-state index in [-0.39, 0.29) is 11.1 Å². The third-order valence-corrected chi connectivity index (χ3v) is 9.03. The molecule has 0 aromatic heterocycles. The first kappa shape index (κ1) is 20.6. The molecule has 2 nitrogen and oxygen atoms in total. The van der Waals surface area contributed by atoms with Crippen molar-refractivity contribution in [2.24, 2.45) is 0 Å². The lowest BCUT2D eigenvalue weighted by atomic mass is 10.1. The molecule has 0 saturated carbocycles. The first-order valence-corrected chi connectivity index (χ1v) is 11.1. The van der Waals surface area contributed by atoms with Crippen LogP contribution >= 0.6 is 0 Å². The average Bonchev–Trinajstić information content (AvgIpc) is 2.36. The van der Waals surface area contributed by atoms with Gasteiger partial charge in [-0.15, -0.1) is 13.2 Å². The molecule has 1 unspecified atom stereocenters. The fourth-order valence-corrected chi connectivity index (χ4v) is 3.43. The van der Waals surface area contributed by atoms with Crippen LogP contribution in [0.5, 0.6) is 0 Å². The van der Waals surface area contributed by atoms with Gasteiger partial charge in [0, 0.05) is 6.10 Å². The summed E-state index contributed by atoms with van der Waals surface area (Å²) >= 11 is 0. The average molecular weight is 313 g/mol. The maximum Gasteiger partial charge on any atom is 0.192 e. The van der Waals surface area contributed by atoms with Crippen LogP contribution in [0.15, 0.2) is 25.3 Å². The standard InChI is InChI=1S/C18H36O2Si/c1-8-13-17(20-21(6,7)18(3,4)5)15-12-10-11-14-16(19)9-2/h8-9,16-17,19H,1-2,10-15H2,3-7H3/t16?,17-/m1/s1. The van der Waals surface area contributed by atoms with Crippen molar-refractivity contribution in [3.8, 4) is 0 Å². The third kappa shape index (κ3) is 8.59. The van der Waals surface area contributed by atoms with Gasteiger partial charge in [0.15, 0.2) is 8.32 Å². The molecule has 0 aromatic carbocycles. The van der Waals surface area contributed by atoms with Gasteiger partial charge in [0.25, 0.3) is 0 Å². The van der Waals surface area contributed by atoms with Crippen molar-refractivity contribution in [2.75, 3.05) is 0 Å². The van der Waals surface area contributed by atoms with Crippen molar-refractivity contribution < 1.29 is 9.53 Å². The molecule has 0 heterocycles. The molecule has 0 saturated heterocycles. The Labute approximate surface area is 133 Å². The van der Waals surface area contributed by atoms with Crippen molar-refractivity contribution in [2.45, 2.75) is 89.6 Å². The van der Waals surface area contributed by atoms with E-state index in [4.69, 9.17) is 4.43 Å². The van der Waals surface area contributed by atoms with Gasteiger partial charge in [0.05, 0.1) is 6.10 Å². The minimum Gasteiger partial charge on any atom is -0.414 e. The second-order valence-corrected chi connectivity index (χ2v) is 12.2. The molecule has 124 valence electrons. The van der Waals surface area contributed by atoms with E-state index >= 15 is 0 Å². The van der Waals surface area contributed by atoms with Crippen molar-refractivity contribution in [3.05, 3.63) is 25.3 Å². The minimum atomic E-state index is -1.70. The zero-order chi connectivity index (χ0) is 16.5. The van der Waals surface area contributed by atoms with Gasteiger partial charge < -0.3 is 9.53 Å². The second-order valence-electron chi connectivity index (χ2n) is 7.47. The Morgan fingerprint density at radius 2 is 1.67 bits per heavy atom. The Hall–Kier alpha value is -0.383. The quantitative estimate of drug-likeness (QED) is 0.312. The van der Waals surface area contributed by atoms with Gasteiger partial charge in [0.1, 0.15) is 0 Å². The minimum absolute atomic E-state index is 0.250. The molecule has 0 aliphatic rings. The lowest BCUT2D eigenvalue weighted by molar-refractivity contribution is 0.168. The highest BCUT2D eigenvalue weighted by Crippen LogP contribution is 2.38. The molecule has 0 fully saturated rings. The summed E-state index contributed by atoms with van der Waals surface area (Å²) in [4.78, 5) is 0. The first-order chi connectivity index (χ1) is 9.64. The lowest BCUT2D eigenvalue weighted by Crippen LogP contribution is -2.43. The zero-order valence-corrected chi connectivity index (χ0v) is 15.8. The van der Waals surface area contributed by atoms with Crippen molar-refractivity contribution in [1.29, 1.82) is 0 Å². The topological polar surface area (TPSA) is 29.5 Å². The van der Waals surface area contributed by atoms with E-state index in [0.29, 0.717) is 6.10 Å². The molecule has 2 atom stereocenters. The Morgan fingerprint density at radius 3 is 2.14 bits per heavy atom.